The third-order valence-electron chi connectivity index (χ3n) is 4.61. The van der Waals surface area contributed by atoms with Crippen LogP contribution in [-0.2, 0) is 27.9 Å². The third kappa shape index (κ3) is 4.95. The highest BCUT2D eigenvalue weighted by Gasteiger charge is 2.29. The first-order valence-corrected chi connectivity index (χ1v) is 10.9. The number of nitrogens with zero attached hydrogens (tertiary/aromatic N) is 4. The summed E-state index contributed by atoms with van der Waals surface area (Å²) in [5.41, 5.74) is 2.22. The van der Waals surface area contributed by atoms with Gasteiger partial charge in [0.1, 0.15) is 10.6 Å². The van der Waals surface area contributed by atoms with E-state index in [1.54, 1.807) is 17.9 Å². The molecule has 0 bridgehead atoms. The summed E-state index contributed by atoms with van der Waals surface area (Å²) in [6, 6.07) is 8.98. The van der Waals surface area contributed by atoms with E-state index >= 15 is 0 Å². The van der Waals surface area contributed by atoms with Crippen molar-refractivity contribution in [1.82, 2.24) is 24.6 Å². The average molecular weight is 432 g/mol. The zero-order valence-corrected chi connectivity index (χ0v) is 18.2. The van der Waals surface area contributed by atoms with E-state index < -0.39 is 16.1 Å². The molecule has 9 nitrogen and oxygen atoms in total. The van der Waals surface area contributed by atoms with Crippen LogP contribution in [0.5, 0.6) is 0 Å². The molecule has 1 aromatic carbocycles. The van der Waals surface area contributed by atoms with Gasteiger partial charge in [-0.15, -0.1) is 0 Å². The van der Waals surface area contributed by atoms with Crippen LogP contribution in [0, 0.1) is 13.8 Å². The standard InChI is InChI=1S/C20H25N5O4S/c1-14-19(16(3)29-22-14)30(27,28)23-15(2)20(26)24(4)11-18-10-21-25(13-18)12-17-8-6-5-7-9-17/h5-10,13,15,23H,11-12H2,1-4H3/t15-/m0/s1. The van der Waals surface area contributed by atoms with Crippen molar-refractivity contribution >= 4 is 15.9 Å². The van der Waals surface area contributed by atoms with Gasteiger partial charge >= 0.3 is 0 Å². The molecule has 0 aliphatic carbocycles. The Kier molecular flexibility index (Phi) is 6.37. The second-order valence-electron chi connectivity index (χ2n) is 7.22. The van der Waals surface area contributed by atoms with E-state index in [1.165, 1.54) is 25.7 Å². The van der Waals surface area contributed by atoms with Gasteiger partial charge in [-0.25, -0.2) is 8.42 Å². The summed E-state index contributed by atoms with van der Waals surface area (Å²) in [4.78, 5) is 14.1. The number of amides is 1. The highest BCUT2D eigenvalue weighted by molar-refractivity contribution is 7.89. The highest BCUT2D eigenvalue weighted by Crippen LogP contribution is 2.19. The largest absolute Gasteiger partial charge is 0.360 e. The maximum atomic E-state index is 12.7. The molecule has 3 aromatic rings. The molecule has 30 heavy (non-hydrogen) atoms. The minimum absolute atomic E-state index is 0.0352. The summed E-state index contributed by atoms with van der Waals surface area (Å²) in [5, 5.41) is 7.99. The molecule has 0 saturated carbocycles. The van der Waals surface area contributed by atoms with Crippen LogP contribution in [0.15, 0.2) is 52.1 Å². The van der Waals surface area contributed by atoms with Crippen molar-refractivity contribution < 1.29 is 17.7 Å². The molecule has 10 heteroatoms. The third-order valence-corrected chi connectivity index (χ3v) is 6.39. The lowest BCUT2D eigenvalue weighted by molar-refractivity contribution is -0.131. The van der Waals surface area contributed by atoms with Crippen LogP contribution in [0.2, 0.25) is 0 Å². The van der Waals surface area contributed by atoms with Crippen molar-refractivity contribution in [3.63, 3.8) is 0 Å². The molecule has 0 saturated heterocycles. The van der Waals surface area contributed by atoms with Gasteiger partial charge in [-0.3, -0.25) is 9.48 Å². The van der Waals surface area contributed by atoms with Crippen LogP contribution in [0.3, 0.4) is 0 Å². The Morgan fingerprint density at radius 1 is 1.23 bits per heavy atom. The molecule has 0 unspecified atom stereocenters. The van der Waals surface area contributed by atoms with E-state index in [4.69, 9.17) is 4.52 Å². The van der Waals surface area contributed by atoms with Crippen LogP contribution in [0.1, 0.15) is 29.5 Å². The average Bonchev–Trinajstić information content (AvgIpc) is 3.27. The first-order chi connectivity index (χ1) is 14.2. The van der Waals surface area contributed by atoms with Crippen molar-refractivity contribution in [1.29, 1.82) is 0 Å². The predicted molar refractivity (Wildman–Crippen MR) is 110 cm³/mol. The maximum Gasteiger partial charge on any atom is 0.246 e. The summed E-state index contributed by atoms with van der Waals surface area (Å²) in [5.74, 6) is -0.181. The van der Waals surface area contributed by atoms with Crippen LogP contribution < -0.4 is 4.72 Å². The van der Waals surface area contributed by atoms with Gasteiger partial charge in [-0.1, -0.05) is 35.5 Å². The van der Waals surface area contributed by atoms with E-state index in [1.807, 2.05) is 36.5 Å². The molecular weight excluding hydrogens is 406 g/mol. The number of nitrogens with one attached hydrogen (secondary N) is 1. The number of carbonyl (C=O) groups excluding carboxylic acids is 1. The Bertz CT molecular complexity index is 1100. The van der Waals surface area contributed by atoms with Gasteiger partial charge in [-0.05, 0) is 26.3 Å². The SMILES string of the molecule is Cc1noc(C)c1S(=O)(=O)N[C@@H](C)C(=O)N(C)Cc1cnn(Cc2ccccc2)c1. The molecule has 3 rings (SSSR count). The molecule has 2 aromatic heterocycles. The van der Waals surface area contributed by atoms with E-state index in [0.717, 1.165) is 11.1 Å². The number of sulfonamides is 1. The quantitative estimate of drug-likeness (QED) is 0.583. The van der Waals surface area contributed by atoms with Crippen LogP contribution in [0.4, 0.5) is 0 Å². The van der Waals surface area contributed by atoms with Crippen molar-refractivity contribution in [3.8, 4) is 0 Å². The van der Waals surface area contributed by atoms with E-state index in [0.29, 0.717) is 13.1 Å². The number of rotatable bonds is 8. The number of hydrogen-bond acceptors (Lipinski definition) is 6. The molecule has 0 aliphatic rings. The van der Waals surface area contributed by atoms with Crippen molar-refractivity contribution in [2.45, 2.75) is 44.8 Å². The fourth-order valence-corrected chi connectivity index (χ4v) is 4.75. The van der Waals surface area contributed by atoms with E-state index in [2.05, 4.69) is 15.0 Å². The smallest absolute Gasteiger partial charge is 0.246 e. The monoisotopic (exact) mass is 431 g/mol. The van der Waals surface area contributed by atoms with Gasteiger partial charge in [-0.2, -0.15) is 9.82 Å². The minimum Gasteiger partial charge on any atom is -0.360 e. The van der Waals surface area contributed by atoms with Gasteiger partial charge < -0.3 is 9.42 Å². The van der Waals surface area contributed by atoms with E-state index in [9.17, 15) is 13.2 Å². The van der Waals surface area contributed by atoms with Crippen molar-refractivity contribution in [3.05, 3.63) is 65.3 Å². The Morgan fingerprint density at radius 2 is 1.93 bits per heavy atom. The van der Waals surface area contributed by atoms with Crippen molar-refractivity contribution in [2.75, 3.05) is 7.05 Å². The molecule has 1 amide bonds. The fourth-order valence-electron chi connectivity index (χ4n) is 3.23. The zero-order valence-electron chi connectivity index (χ0n) is 17.4. The summed E-state index contributed by atoms with van der Waals surface area (Å²) >= 11 is 0. The van der Waals surface area contributed by atoms with E-state index in [-0.39, 0.29) is 22.3 Å². The molecule has 1 atom stereocenters. The van der Waals surface area contributed by atoms with Crippen molar-refractivity contribution in [2.24, 2.45) is 0 Å². The summed E-state index contributed by atoms with van der Waals surface area (Å²) in [7, 11) is -2.31. The molecule has 0 fully saturated rings. The van der Waals surface area contributed by atoms with Gasteiger partial charge in [0.15, 0.2) is 5.76 Å². The van der Waals surface area contributed by atoms with Crippen LogP contribution in [-0.4, -0.2) is 47.3 Å². The van der Waals surface area contributed by atoms with Gasteiger partial charge in [0.2, 0.25) is 15.9 Å². The topological polar surface area (TPSA) is 110 Å². The molecule has 1 N–H and O–H groups in total. The maximum absolute atomic E-state index is 12.7. The number of likely N-dealkylation sites (N-methyl/N-ethyl adjacent to an activating group) is 1. The lowest BCUT2D eigenvalue weighted by Crippen LogP contribution is -2.45. The molecule has 0 radical (unpaired) electrons. The highest BCUT2D eigenvalue weighted by atomic mass is 32.2. The first-order valence-electron chi connectivity index (χ1n) is 9.43. The minimum atomic E-state index is -3.93. The number of hydrogen-bond donors (Lipinski definition) is 1. The summed E-state index contributed by atoms with van der Waals surface area (Å²) < 4.78 is 34.3. The molecule has 160 valence electrons. The first kappa shape index (κ1) is 21.7. The number of aromatic nitrogens is 3. The van der Waals surface area contributed by atoms with Gasteiger partial charge in [0.05, 0.1) is 18.8 Å². The normalized spacial score (nSPS) is 12.7. The Hall–Kier alpha value is -2.98. The molecule has 2 heterocycles. The Balaban J connectivity index is 1.61. The van der Waals surface area contributed by atoms with Crippen LogP contribution >= 0.6 is 0 Å². The summed E-state index contributed by atoms with van der Waals surface area (Å²) in [6.07, 6.45) is 3.57. The number of carbonyl (C=O) groups is 1. The molecule has 0 spiro atoms. The second kappa shape index (κ2) is 8.80. The fraction of sp³-hybridized carbons (Fsp3) is 0.350. The number of aryl methyl sites for hydroxylation is 2. The summed E-state index contributed by atoms with van der Waals surface area (Å²) in [6.45, 7) is 5.50. The second-order valence-corrected chi connectivity index (χ2v) is 8.87. The zero-order chi connectivity index (χ0) is 21.9. The number of benzene rings is 1. The lowest BCUT2D eigenvalue weighted by Gasteiger charge is -2.21. The lowest BCUT2D eigenvalue weighted by atomic mass is 10.2. The Morgan fingerprint density at radius 3 is 2.57 bits per heavy atom. The van der Waals surface area contributed by atoms with Crippen LogP contribution in [0.25, 0.3) is 0 Å². The van der Waals surface area contributed by atoms with Gasteiger partial charge in [0.25, 0.3) is 0 Å². The predicted octanol–water partition coefficient (Wildman–Crippen LogP) is 1.86. The van der Waals surface area contributed by atoms with Gasteiger partial charge in [0, 0.05) is 25.4 Å². The Labute approximate surface area is 175 Å². The molecular formula is C20H25N5O4S. The molecule has 0 aliphatic heterocycles.